The molecule has 0 saturated carbocycles. The number of aromatic amines is 1. The van der Waals surface area contributed by atoms with Crippen molar-refractivity contribution < 1.29 is 9.47 Å². The second-order valence-electron chi connectivity index (χ2n) is 6.50. The average molecular weight is 376 g/mol. The van der Waals surface area contributed by atoms with Crippen LogP contribution < -0.4 is 15.0 Å². The van der Waals surface area contributed by atoms with Crippen molar-refractivity contribution in [1.29, 1.82) is 0 Å². The molecule has 0 radical (unpaired) electrons. The van der Waals surface area contributed by atoms with E-state index in [9.17, 15) is 4.79 Å². The van der Waals surface area contributed by atoms with Gasteiger partial charge in [0.15, 0.2) is 11.5 Å². The summed E-state index contributed by atoms with van der Waals surface area (Å²) in [5.41, 5.74) is 3.76. The fourth-order valence-electron chi connectivity index (χ4n) is 3.34. The van der Waals surface area contributed by atoms with Gasteiger partial charge in [-0.2, -0.15) is 0 Å². The fourth-order valence-corrected chi connectivity index (χ4v) is 4.32. The Morgan fingerprint density at radius 1 is 1.11 bits per heavy atom. The van der Waals surface area contributed by atoms with E-state index in [1.54, 1.807) is 17.8 Å². The van der Waals surface area contributed by atoms with E-state index in [-0.39, 0.29) is 12.4 Å². The smallest absolute Gasteiger partial charge is 0.248 e. The van der Waals surface area contributed by atoms with E-state index >= 15 is 0 Å². The van der Waals surface area contributed by atoms with Crippen LogP contribution in [0.2, 0.25) is 0 Å². The Kier molecular flexibility index (Phi) is 3.79. The number of hydrogen-bond acceptors (Lipinski definition) is 5. The highest BCUT2D eigenvalue weighted by Gasteiger charge is 2.16. The summed E-state index contributed by atoms with van der Waals surface area (Å²) in [4.78, 5) is 19.7. The first kappa shape index (κ1) is 16.2. The van der Waals surface area contributed by atoms with Crippen molar-refractivity contribution in [3.63, 3.8) is 0 Å². The van der Waals surface area contributed by atoms with Crippen LogP contribution in [0.4, 0.5) is 0 Å². The van der Waals surface area contributed by atoms with Crippen molar-refractivity contribution in [2.75, 3.05) is 6.79 Å². The molecular formula is C21H16N2O3S. The summed E-state index contributed by atoms with van der Waals surface area (Å²) in [6, 6.07) is 15.5. The van der Waals surface area contributed by atoms with Crippen molar-refractivity contribution in [2.24, 2.45) is 0 Å². The number of benzene rings is 2. The molecule has 27 heavy (non-hydrogen) atoms. The Bertz CT molecular complexity index is 1250. The Balaban J connectivity index is 1.51. The SMILES string of the molecule is Cc1cc2cc3c(cc2nc1SCc1cc(=O)[nH]c2ccccc12)OCO3. The Morgan fingerprint density at radius 3 is 2.81 bits per heavy atom. The number of fused-ring (bicyclic) bond motifs is 3. The Hall–Kier alpha value is -2.99. The van der Waals surface area contributed by atoms with Gasteiger partial charge in [0.1, 0.15) is 0 Å². The molecule has 1 N–H and O–H groups in total. The van der Waals surface area contributed by atoms with Gasteiger partial charge in [-0.25, -0.2) is 4.98 Å². The lowest BCUT2D eigenvalue weighted by Gasteiger charge is -2.09. The average Bonchev–Trinajstić information content (AvgIpc) is 3.11. The van der Waals surface area contributed by atoms with Gasteiger partial charge in [0, 0.05) is 34.2 Å². The van der Waals surface area contributed by atoms with Crippen LogP contribution in [0.3, 0.4) is 0 Å². The first-order valence-electron chi connectivity index (χ1n) is 8.62. The normalized spacial score (nSPS) is 12.8. The Morgan fingerprint density at radius 2 is 1.93 bits per heavy atom. The third-order valence-corrected chi connectivity index (χ3v) is 5.80. The molecule has 3 heterocycles. The van der Waals surface area contributed by atoms with E-state index in [0.29, 0.717) is 5.75 Å². The summed E-state index contributed by atoms with van der Waals surface area (Å²) in [6.45, 7) is 2.30. The first-order chi connectivity index (χ1) is 13.2. The summed E-state index contributed by atoms with van der Waals surface area (Å²) >= 11 is 1.64. The zero-order valence-corrected chi connectivity index (χ0v) is 15.4. The maximum Gasteiger partial charge on any atom is 0.248 e. The molecule has 4 aromatic rings. The molecule has 0 unspecified atom stereocenters. The van der Waals surface area contributed by atoms with Crippen LogP contribution in [0.1, 0.15) is 11.1 Å². The second kappa shape index (κ2) is 6.32. The van der Waals surface area contributed by atoms with Gasteiger partial charge >= 0.3 is 0 Å². The largest absolute Gasteiger partial charge is 0.454 e. The molecule has 2 aromatic heterocycles. The molecule has 0 amide bonds. The van der Waals surface area contributed by atoms with Gasteiger partial charge in [-0.15, -0.1) is 11.8 Å². The molecule has 0 spiro atoms. The topological polar surface area (TPSA) is 64.2 Å². The number of aromatic nitrogens is 2. The molecule has 134 valence electrons. The number of rotatable bonds is 3. The van der Waals surface area contributed by atoms with E-state index in [2.05, 4.69) is 18.0 Å². The summed E-state index contributed by atoms with van der Waals surface area (Å²) < 4.78 is 10.9. The number of thioether (sulfide) groups is 1. The predicted octanol–water partition coefficient (Wildman–Crippen LogP) is 4.41. The Labute approximate surface area is 159 Å². The molecule has 5 rings (SSSR count). The molecule has 1 aliphatic rings. The van der Waals surface area contributed by atoms with Crippen molar-refractivity contribution in [1.82, 2.24) is 9.97 Å². The van der Waals surface area contributed by atoms with Gasteiger partial charge in [-0.1, -0.05) is 18.2 Å². The predicted molar refractivity (Wildman–Crippen MR) is 107 cm³/mol. The minimum absolute atomic E-state index is 0.0831. The second-order valence-corrected chi connectivity index (χ2v) is 7.47. The van der Waals surface area contributed by atoms with Crippen LogP contribution in [0, 0.1) is 6.92 Å². The standard InChI is InChI=1S/C21H16N2O3S/c1-12-6-13-7-18-19(26-11-25-18)9-17(13)23-21(12)27-10-14-8-20(24)22-16-5-3-2-4-15(14)16/h2-9H,10-11H2,1H3,(H,22,24). The summed E-state index contributed by atoms with van der Waals surface area (Å²) in [6.07, 6.45) is 0. The van der Waals surface area contributed by atoms with Crippen molar-refractivity contribution in [3.05, 3.63) is 70.0 Å². The monoisotopic (exact) mass is 376 g/mol. The molecule has 1 aliphatic heterocycles. The van der Waals surface area contributed by atoms with Crippen LogP contribution in [-0.4, -0.2) is 16.8 Å². The van der Waals surface area contributed by atoms with E-state index in [0.717, 1.165) is 49.5 Å². The minimum Gasteiger partial charge on any atom is -0.454 e. The van der Waals surface area contributed by atoms with Gasteiger partial charge in [0.2, 0.25) is 12.4 Å². The third-order valence-electron chi connectivity index (χ3n) is 4.65. The molecule has 0 saturated heterocycles. The molecule has 2 aromatic carbocycles. The minimum atomic E-state index is -0.0831. The summed E-state index contributed by atoms with van der Waals surface area (Å²) in [5, 5.41) is 3.04. The number of aryl methyl sites for hydroxylation is 1. The van der Waals surface area contributed by atoms with Crippen LogP contribution in [0.5, 0.6) is 11.5 Å². The van der Waals surface area contributed by atoms with Gasteiger partial charge < -0.3 is 14.5 Å². The number of nitrogens with one attached hydrogen (secondary N) is 1. The molecule has 0 bridgehead atoms. The number of hydrogen-bond donors (Lipinski definition) is 1. The highest BCUT2D eigenvalue weighted by molar-refractivity contribution is 7.98. The van der Waals surface area contributed by atoms with E-state index < -0.39 is 0 Å². The maximum atomic E-state index is 12.0. The van der Waals surface area contributed by atoms with Crippen LogP contribution in [0.15, 0.2) is 58.4 Å². The molecule has 0 aliphatic carbocycles. The molecule has 5 nitrogen and oxygen atoms in total. The van der Waals surface area contributed by atoms with Crippen LogP contribution >= 0.6 is 11.8 Å². The van der Waals surface area contributed by atoms with Crippen molar-refractivity contribution >= 4 is 33.6 Å². The highest BCUT2D eigenvalue weighted by atomic mass is 32.2. The fraction of sp³-hybridized carbons (Fsp3) is 0.143. The van der Waals surface area contributed by atoms with Gasteiger partial charge in [0.05, 0.1) is 10.5 Å². The van der Waals surface area contributed by atoms with Gasteiger partial charge in [-0.3, -0.25) is 4.79 Å². The molecule has 0 atom stereocenters. The molecular weight excluding hydrogens is 360 g/mol. The molecule has 6 heteroatoms. The number of nitrogens with zero attached hydrogens (tertiary/aromatic N) is 1. The summed E-state index contributed by atoms with van der Waals surface area (Å²) in [5.74, 6) is 2.17. The lowest BCUT2D eigenvalue weighted by atomic mass is 10.1. The zero-order chi connectivity index (χ0) is 18.4. The summed E-state index contributed by atoms with van der Waals surface area (Å²) in [7, 11) is 0. The number of para-hydroxylation sites is 1. The van der Waals surface area contributed by atoms with Crippen LogP contribution in [-0.2, 0) is 5.75 Å². The van der Waals surface area contributed by atoms with Crippen molar-refractivity contribution in [2.45, 2.75) is 17.7 Å². The maximum absolute atomic E-state index is 12.0. The zero-order valence-electron chi connectivity index (χ0n) is 14.6. The van der Waals surface area contributed by atoms with E-state index in [1.807, 2.05) is 36.4 Å². The highest BCUT2D eigenvalue weighted by Crippen LogP contribution is 2.37. The van der Waals surface area contributed by atoms with E-state index in [4.69, 9.17) is 14.5 Å². The quantitative estimate of drug-likeness (QED) is 0.537. The lowest BCUT2D eigenvalue weighted by Crippen LogP contribution is -2.06. The van der Waals surface area contributed by atoms with Crippen LogP contribution in [0.25, 0.3) is 21.8 Å². The lowest BCUT2D eigenvalue weighted by molar-refractivity contribution is 0.174. The third kappa shape index (κ3) is 2.92. The number of ether oxygens (including phenoxy) is 2. The number of H-pyrrole nitrogens is 1. The van der Waals surface area contributed by atoms with E-state index in [1.165, 1.54) is 0 Å². The van der Waals surface area contributed by atoms with Gasteiger partial charge in [-0.05, 0) is 36.2 Å². The first-order valence-corrected chi connectivity index (χ1v) is 9.61. The van der Waals surface area contributed by atoms with Crippen molar-refractivity contribution in [3.8, 4) is 11.5 Å². The van der Waals surface area contributed by atoms with Gasteiger partial charge in [0.25, 0.3) is 0 Å². The molecule has 0 fully saturated rings. The number of pyridine rings is 2.